The highest BCUT2D eigenvalue weighted by Gasteiger charge is 2.19. The van der Waals surface area contributed by atoms with Crippen molar-refractivity contribution < 1.29 is 0 Å². The third-order valence-electron chi connectivity index (χ3n) is 9.98. The largest absolute Gasteiger partial charge is 0.314 e. The third-order valence-corrected chi connectivity index (χ3v) is 9.98. The van der Waals surface area contributed by atoms with E-state index in [1.54, 1.807) is 25.3 Å². The average molecular weight is 743 g/mol. The van der Waals surface area contributed by atoms with E-state index in [0.29, 0.717) is 18.0 Å². The van der Waals surface area contributed by atoms with Gasteiger partial charge in [-0.05, 0) is 97.6 Å². The number of rotatable bonds is 10. The second-order valence-corrected chi connectivity index (χ2v) is 14.4. The van der Waals surface area contributed by atoms with Crippen LogP contribution < -0.4 is 10.6 Å². The van der Waals surface area contributed by atoms with Crippen molar-refractivity contribution in [1.29, 1.82) is 0 Å². The maximum atomic E-state index is 3.98. The molecule has 0 bridgehead atoms. The Bertz CT molecular complexity index is 1690. The second-order valence-electron chi connectivity index (χ2n) is 14.4. The maximum Gasteiger partial charge on any atom is 0.115 e. The number of nitrogens with zero attached hydrogens (tertiary/aromatic N) is 10. The highest BCUT2D eigenvalue weighted by atomic mass is 15.1. The molecular formula is C43H58N12. The van der Waals surface area contributed by atoms with Crippen LogP contribution in [0.25, 0.3) is 24.3 Å². The van der Waals surface area contributed by atoms with Gasteiger partial charge in [0.25, 0.3) is 0 Å². The molecule has 2 N–H and O–H groups in total. The molecule has 4 atom stereocenters. The summed E-state index contributed by atoms with van der Waals surface area (Å²) in [5.74, 6) is 0.695. The number of likely N-dealkylation sites (tertiary alicyclic amines) is 2. The van der Waals surface area contributed by atoms with E-state index in [1.807, 2.05) is 49.6 Å². The zero-order valence-electron chi connectivity index (χ0n) is 32.5. The molecule has 12 nitrogen and oxygen atoms in total. The van der Waals surface area contributed by atoms with E-state index in [0.717, 1.165) is 47.7 Å². The van der Waals surface area contributed by atoms with Crippen LogP contribution in [0.5, 0.6) is 0 Å². The Morgan fingerprint density at radius 2 is 1.09 bits per heavy atom. The summed E-state index contributed by atoms with van der Waals surface area (Å²) in [6.07, 6.45) is 48.0. The van der Waals surface area contributed by atoms with Gasteiger partial charge in [0.1, 0.15) is 25.3 Å². The van der Waals surface area contributed by atoms with Crippen LogP contribution in [-0.4, -0.2) is 115 Å². The van der Waals surface area contributed by atoms with E-state index < -0.39 is 0 Å². The van der Waals surface area contributed by atoms with Gasteiger partial charge >= 0.3 is 0 Å². The Kier molecular flexibility index (Phi) is 18.4. The van der Waals surface area contributed by atoms with Gasteiger partial charge in [-0.15, -0.1) is 0 Å². The lowest BCUT2D eigenvalue weighted by Gasteiger charge is -2.26. The van der Waals surface area contributed by atoms with Crippen molar-refractivity contribution in [2.24, 2.45) is 5.92 Å². The second kappa shape index (κ2) is 24.5. The minimum atomic E-state index is 0.542. The van der Waals surface area contributed by atoms with Gasteiger partial charge in [-0.25, -0.2) is 39.9 Å². The van der Waals surface area contributed by atoms with Gasteiger partial charge in [-0.1, -0.05) is 48.6 Å². The Morgan fingerprint density at radius 1 is 0.564 bits per heavy atom. The lowest BCUT2D eigenvalue weighted by Crippen LogP contribution is -2.42. The maximum absolute atomic E-state index is 3.98. The number of hydrogen-bond donors (Lipinski definition) is 2. The molecule has 0 amide bonds. The number of hydrogen-bond acceptors (Lipinski definition) is 12. The predicted molar refractivity (Wildman–Crippen MR) is 222 cm³/mol. The zero-order valence-corrected chi connectivity index (χ0v) is 32.5. The summed E-state index contributed by atoms with van der Waals surface area (Å²) < 4.78 is 0. The zero-order chi connectivity index (χ0) is 38.2. The third kappa shape index (κ3) is 16.6. The summed E-state index contributed by atoms with van der Waals surface area (Å²) in [5, 5.41) is 6.75. The molecular weight excluding hydrogens is 685 g/mol. The van der Waals surface area contributed by atoms with E-state index in [4.69, 9.17) is 0 Å². The Labute approximate surface area is 327 Å². The normalized spacial score (nSPS) is 22.6. The fraction of sp³-hybridized carbons (Fsp3) is 0.442. The molecule has 4 aromatic rings. The molecule has 55 heavy (non-hydrogen) atoms. The molecule has 0 aliphatic carbocycles. The van der Waals surface area contributed by atoms with Crippen LogP contribution >= 0.6 is 0 Å². The van der Waals surface area contributed by atoms with Gasteiger partial charge in [0.2, 0.25) is 0 Å². The van der Waals surface area contributed by atoms with Crippen LogP contribution in [0.1, 0.15) is 73.6 Å². The van der Waals surface area contributed by atoms with Crippen LogP contribution in [0.2, 0.25) is 0 Å². The fourth-order valence-corrected chi connectivity index (χ4v) is 6.62. The lowest BCUT2D eigenvalue weighted by molar-refractivity contribution is 0.313. The molecule has 4 aliphatic heterocycles. The summed E-state index contributed by atoms with van der Waals surface area (Å²) in [6.45, 7) is 5.94. The van der Waals surface area contributed by atoms with Crippen LogP contribution in [0, 0.1) is 5.92 Å². The van der Waals surface area contributed by atoms with E-state index in [2.05, 4.69) is 123 Å². The molecule has 4 fully saturated rings. The van der Waals surface area contributed by atoms with E-state index in [1.165, 1.54) is 64.7 Å². The lowest BCUT2D eigenvalue weighted by atomic mass is 10.0. The van der Waals surface area contributed by atoms with Crippen molar-refractivity contribution in [3.8, 4) is 0 Å². The quantitative estimate of drug-likeness (QED) is 0.201. The van der Waals surface area contributed by atoms with Gasteiger partial charge in [-0.2, -0.15) is 0 Å². The highest BCUT2D eigenvalue weighted by Crippen LogP contribution is 2.19. The van der Waals surface area contributed by atoms with Crippen molar-refractivity contribution in [1.82, 2.24) is 60.3 Å². The van der Waals surface area contributed by atoms with Crippen molar-refractivity contribution in [3.05, 3.63) is 121 Å². The van der Waals surface area contributed by atoms with E-state index in [9.17, 15) is 0 Å². The minimum absolute atomic E-state index is 0.542. The first kappa shape index (κ1) is 41.3. The van der Waals surface area contributed by atoms with Crippen molar-refractivity contribution >= 4 is 24.3 Å². The first-order chi connectivity index (χ1) is 27.1. The predicted octanol–water partition coefficient (Wildman–Crippen LogP) is 5.90. The molecule has 0 spiro atoms. The summed E-state index contributed by atoms with van der Waals surface area (Å²) >= 11 is 0. The Morgan fingerprint density at radius 3 is 1.53 bits per heavy atom. The summed E-state index contributed by atoms with van der Waals surface area (Å²) in [7, 11) is 4.37. The number of aromatic nitrogens is 8. The number of nitrogens with one attached hydrogen (secondary N) is 2. The molecule has 8 rings (SSSR count). The van der Waals surface area contributed by atoms with E-state index >= 15 is 0 Å². The molecule has 4 unspecified atom stereocenters. The SMILES string of the molecule is C(=CC1CCCN1)c1cncnc1.C(=Cc1cncnc1)CC1CCN1.CN1CCC(C=Cc2cncnc2)C1.CN1CCCC1CC=Cc1cncnc1. The first-order valence-electron chi connectivity index (χ1n) is 19.7. The van der Waals surface area contributed by atoms with Gasteiger partial charge in [0, 0.05) is 96.5 Å². The molecule has 0 radical (unpaired) electrons. The monoisotopic (exact) mass is 742 g/mol. The summed E-state index contributed by atoms with van der Waals surface area (Å²) in [4.78, 5) is 36.5. The molecule has 8 heterocycles. The average Bonchev–Trinajstić information content (AvgIpc) is 4.00. The summed E-state index contributed by atoms with van der Waals surface area (Å²) in [5.41, 5.74) is 4.30. The van der Waals surface area contributed by atoms with Crippen LogP contribution in [-0.2, 0) is 0 Å². The van der Waals surface area contributed by atoms with Gasteiger partial charge in [0.15, 0.2) is 0 Å². The van der Waals surface area contributed by atoms with E-state index in [-0.39, 0.29) is 0 Å². The molecule has 0 aromatic carbocycles. The summed E-state index contributed by atoms with van der Waals surface area (Å²) in [6, 6.07) is 1.96. The highest BCUT2D eigenvalue weighted by molar-refractivity contribution is 5.48. The molecule has 4 saturated heterocycles. The van der Waals surface area contributed by atoms with Crippen LogP contribution in [0.3, 0.4) is 0 Å². The van der Waals surface area contributed by atoms with Gasteiger partial charge in [0.05, 0.1) is 0 Å². The Balaban J connectivity index is 0.000000141. The smallest absolute Gasteiger partial charge is 0.115 e. The fourth-order valence-electron chi connectivity index (χ4n) is 6.62. The molecule has 290 valence electrons. The van der Waals surface area contributed by atoms with Crippen molar-refractivity contribution in [3.63, 3.8) is 0 Å². The topological polar surface area (TPSA) is 134 Å². The van der Waals surface area contributed by atoms with Crippen LogP contribution in [0.4, 0.5) is 0 Å². The minimum Gasteiger partial charge on any atom is -0.314 e. The molecule has 0 saturated carbocycles. The molecule has 12 heteroatoms. The standard InChI is InChI=1S/C12H17N3.C11H15N3.2C10H13N3/c1-15-7-3-6-12(15)5-2-4-11-8-13-10-14-9-11;1-14-5-4-10(8-14)2-3-11-6-12-9-13-7-11;1-2-10(13-5-1)4-3-9-6-11-8-12-7-9;1(3-10-4-5-13-10)2-9-6-11-8-12-7-9/h2,4,8-10,12H,3,5-7H2,1H3;2-3,6-7,9-10H,4-5,8H2,1H3;3-4,6-8,10,13H,1-2,5H2;1-2,6-8,10,13H,3-5H2. The Hall–Kier alpha value is -4.88. The van der Waals surface area contributed by atoms with Gasteiger partial charge in [-0.3, -0.25) is 0 Å². The van der Waals surface area contributed by atoms with Gasteiger partial charge < -0.3 is 20.4 Å². The molecule has 4 aliphatic rings. The first-order valence-corrected chi connectivity index (χ1v) is 19.7. The molecule has 4 aromatic heterocycles. The van der Waals surface area contributed by atoms with Crippen LogP contribution in [0.15, 0.2) is 99.2 Å². The van der Waals surface area contributed by atoms with Crippen molar-refractivity contribution in [2.75, 3.05) is 46.8 Å². The van der Waals surface area contributed by atoms with Crippen molar-refractivity contribution in [2.45, 2.75) is 69.5 Å².